The van der Waals surface area contributed by atoms with E-state index in [1.54, 1.807) is 0 Å². The fourth-order valence-corrected chi connectivity index (χ4v) is 8.57. The van der Waals surface area contributed by atoms with Crippen LogP contribution in [0.25, 0.3) is 83.7 Å². The molecule has 0 fully saturated rings. The molecule has 0 saturated heterocycles. The van der Waals surface area contributed by atoms with Gasteiger partial charge in [0.2, 0.25) is 0 Å². The van der Waals surface area contributed by atoms with Gasteiger partial charge in [0.05, 0.1) is 22.1 Å². The number of aromatic nitrogens is 2. The Kier molecular flexibility index (Phi) is 12.0. The van der Waals surface area contributed by atoms with Gasteiger partial charge in [-0.3, -0.25) is 0 Å². The van der Waals surface area contributed by atoms with E-state index < -0.39 is 0 Å². The molecule has 11 rings (SSSR count). The van der Waals surface area contributed by atoms with Crippen molar-refractivity contribution in [2.45, 2.75) is 60.8 Å². The van der Waals surface area contributed by atoms with E-state index in [1.165, 1.54) is 94.3 Å². The molecule has 0 atom stereocenters. The van der Waals surface area contributed by atoms with Crippen molar-refractivity contribution in [3.63, 3.8) is 0 Å². The maximum atomic E-state index is 6.20. The highest BCUT2D eigenvalue weighted by molar-refractivity contribution is 6.11. The zero-order chi connectivity index (χ0) is 41.6. The fraction of sp³-hybridized carbons (Fsp3) is 0.158. The van der Waals surface area contributed by atoms with Gasteiger partial charge in [-0.15, -0.1) is 0 Å². The number of benzene rings is 7. The second-order valence-electron chi connectivity index (χ2n) is 14.8. The van der Waals surface area contributed by atoms with Gasteiger partial charge in [0.25, 0.3) is 0 Å². The Hall–Kier alpha value is -6.84. The molecule has 10 aromatic rings. The SMILES string of the molecule is C1=C(c2ccc3c(c2)c2ccccc2n3-c2cccc(Cc3ccc4c(c3)c3ccccc3n4-c3ccccc3)c2)CC=c2c(oc3ccccc23)=C1.CC.CC.CCC. The van der Waals surface area contributed by atoms with Crippen molar-refractivity contribution in [1.82, 2.24) is 9.13 Å². The van der Waals surface area contributed by atoms with Crippen LogP contribution < -0.4 is 10.6 Å². The Labute approximate surface area is 353 Å². The molecule has 0 aliphatic heterocycles. The molecule has 3 heterocycles. The van der Waals surface area contributed by atoms with Crippen LogP contribution in [0.4, 0.5) is 0 Å². The molecular formula is C57H54N2O. The molecule has 3 heteroatoms. The summed E-state index contributed by atoms with van der Waals surface area (Å²) in [6.07, 6.45) is 9.62. The lowest BCUT2D eigenvalue weighted by Crippen LogP contribution is -2.18. The first-order valence-corrected chi connectivity index (χ1v) is 21.8. The van der Waals surface area contributed by atoms with E-state index in [0.717, 1.165) is 23.8 Å². The molecule has 0 amide bonds. The van der Waals surface area contributed by atoms with Gasteiger partial charge in [-0.2, -0.15) is 0 Å². The van der Waals surface area contributed by atoms with Gasteiger partial charge in [-0.25, -0.2) is 0 Å². The predicted octanol–water partition coefficient (Wildman–Crippen LogP) is 14.7. The summed E-state index contributed by atoms with van der Waals surface area (Å²) >= 11 is 0. The third-order valence-corrected chi connectivity index (χ3v) is 11.0. The van der Waals surface area contributed by atoms with Gasteiger partial charge in [0.1, 0.15) is 11.0 Å². The molecule has 3 nitrogen and oxygen atoms in total. The van der Waals surface area contributed by atoms with Crippen molar-refractivity contribution >= 4 is 72.3 Å². The van der Waals surface area contributed by atoms with E-state index in [9.17, 15) is 0 Å². The number of nitrogens with zero attached hydrogens (tertiary/aromatic N) is 2. The van der Waals surface area contributed by atoms with Crippen molar-refractivity contribution < 1.29 is 4.42 Å². The largest absolute Gasteiger partial charge is 0.456 e. The molecule has 1 aliphatic carbocycles. The van der Waals surface area contributed by atoms with E-state index in [2.05, 4.69) is 193 Å². The molecular weight excluding hydrogens is 729 g/mol. The van der Waals surface area contributed by atoms with Crippen LogP contribution in [-0.2, 0) is 6.42 Å². The first kappa shape index (κ1) is 40.0. The summed E-state index contributed by atoms with van der Waals surface area (Å²) in [5, 5.41) is 7.44. The molecule has 0 unspecified atom stereocenters. The number of allylic oxidation sites excluding steroid dienone is 2. The van der Waals surface area contributed by atoms with Crippen LogP contribution in [-0.4, -0.2) is 9.13 Å². The van der Waals surface area contributed by atoms with Crippen LogP contribution in [0.15, 0.2) is 174 Å². The highest BCUT2D eigenvalue weighted by Gasteiger charge is 2.16. The minimum absolute atomic E-state index is 0.845. The maximum Gasteiger partial charge on any atom is 0.135 e. The monoisotopic (exact) mass is 782 g/mol. The summed E-state index contributed by atoms with van der Waals surface area (Å²) in [6, 6.07) is 59.5. The second kappa shape index (κ2) is 18.0. The number of para-hydroxylation sites is 4. The van der Waals surface area contributed by atoms with Gasteiger partial charge in [-0.05, 0) is 108 Å². The van der Waals surface area contributed by atoms with E-state index in [1.807, 2.05) is 39.8 Å². The van der Waals surface area contributed by atoms with E-state index >= 15 is 0 Å². The summed E-state index contributed by atoms with van der Waals surface area (Å²) in [5.74, 6) is 0. The number of hydrogen-bond acceptors (Lipinski definition) is 1. The highest BCUT2D eigenvalue weighted by atomic mass is 16.3. The first-order chi connectivity index (χ1) is 29.7. The Morgan fingerprint density at radius 2 is 1.02 bits per heavy atom. The predicted molar refractivity (Wildman–Crippen MR) is 260 cm³/mol. The van der Waals surface area contributed by atoms with Gasteiger partial charge in [0, 0.05) is 43.5 Å². The van der Waals surface area contributed by atoms with Gasteiger partial charge < -0.3 is 13.6 Å². The molecule has 0 spiro atoms. The third kappa shape index (κ3) is 7.37. The highest BCUT2D eigenvalue weighted by Crippen LogP contribution is 2.36. The molecule has 7 aromatic carbocycles. The number of rotatable bonds is 5. The number of fused-ring (bicyclic) bond motifs is 9. The summed E-state index contributed by atoms with van der Waals surface area (Å²) < 4.78 is 11.0. The summed E-state index contributed by atoms with van der Waals surface area (Å²) in [5.41, 5.74) is 14.2. The zero-order valence-corrected chi connectivity index (χ0v) is 35.7. The summed E-state index contributed by atoms with van der Waals surface area (Å²) in [6.45, 7) is 12.2. The van der Waals surface area contributed by atoms with Crippen LogP contribution >= 0.6 is 0 Å². The molecule has 0 bridgehead atoms. The summed E-state index contributed by atoms with van der Waals surface area (Å²) in [4.78, 5) is 0. The Balaban J connectivity index is 0.000000675. The quantitative estimate of drug-likeness (QED) is 0.170. The van der Waals surface area contributed by atoms with E-state index in [0.29, 0.717) is 0 Å². The van der Waals surface area contributed by atoms with Crippen LogP contribution in [0.1, 0.15) is 71.1 Å². The van der Waals surface area contributed by atoms with E-state index in [-0.39, 0.29) is 0 Å². The van der Waals surface area contributed by atoms with Gasteiger partial charge in [0.15, 0.2) is 0 Å². The Bertz CT molecular complexity index is 3240. The number of furan rings is 1. The Morgan fingerprint density at radius 1 is 0.467 bits per heavy atom. The van der Waals surface area contributed by atoms with Crippen molar-refractivity contribution in [3.05, 3.63) is 197 Å². The van der Waals surface area contributed by atoms with E-state index in [4.69, 9.17) is 4.42 Å². The minimum Gasteiger partial charge on any atom is -0.456 e. The van der Waals surface area contributed by atoms with Crippen LogP contribution in [0.3, 0.4) is 0 Å². The Morgan fingerprint density at radius 3 is 1.73 bits per heavy atom. The standard InChI is InChI=1S/C50H34N2O.C3H8.2C2H6/c1-2-12-37(13-3-1)51-45-18-7-4-15-39(45)43-31-34(21-26-47(43)51)29-33-11-10-14-38(30-33)52-46-19-8-5-16-40(46)44-32-36(23-27-48(44)52)35-22-25-42-41-17-6-9-20-49(41)53-50(42)28-24-35;1-3-2;2*1-2/h1-21,23-28,30-32H,22,29H2;3H2,1-2H3;2*1-2H3. The fourth-order valence-electron chi connectivity index (χ4n) is 8.57. The molecule has 0 radical (unpaired) electrons. The normalized spacial score (nSPS) is 11.9. The van der Waals surface area contributed by atoms with Crippen molar-refractivity contribution in [2.75, 3.05) is 0 Å². The lowest BCUT2D eigenvalue weighted by Gasteiger charge is -2.11. The van der Waals surface area contributed by atoms with Crippen LogP contribution in [0.5, 0.6) is 0 Å². The zero-order valence-electron chi connectivity index (χ0n) is 35.7. The molecule has 0 N–H and O–H groups in total. The third-order valence-electron chi connectivity index (χ3n) is 11.0. The smallest absolute Gasteiger partial charge is 0.135 e. The van der Waals surface area contributed by atoms with Crippen LogP contribution in [0.2, 0.25) is 0 Å². The lowest BCUT2D eigenvalue weighted by molar-refractivity contribution is 0.576. The van der Waals surface area contributed by atoms with Crippen LogP contribution in [0, 0.1) is 0 Å². The topological polar surface area (TPSA) is 23.0 Å². The molecule has 60 heavy (non-hydrogen) atoms. The lowest BCUT2D eigenvalue weighted by atomic mass is 10.00. The van der Waals surface area contributed by atoms with Crippen molar-refractivity contribution in [2.24, 2.45) is 0 Å². The first-order valence-electron chi connectivity index (χ1n) is 21.8. The molecule has 0 saturated carbocycles. The van der Waals surface area contributed by atoms with Gasteiger partial charge in [-0.1, -0.05) is 157 Å². The second-order valence-corrected chi connectivity index (χ2v) is 14.8. The summed E-state index contributed by atoms with van der Waals surface area (Å²) in [7, 11) is 0. The number of hydrogen-bond donors (Lipinski definition) is 0. The maximum absolute atomic E-state index is 6.20. The van der Waals surface area contributed by atoms with Crippen molar-refractivity contribution in [1.29, 1.82) is 0 Å². The molecule has 1 aliphatic rings. The van der Waals surface area contributed by atoms with Crippen molar-refractivity contribution in [3.8, 4) is 11.4 Å². The van der Waals surface area contributed by atoms with Gasteiger partial charge >= 0.3 is 0 Å². The average molecular weight is 783 g/mol. The molecule has 298 valence electrons. The minimum atomic E-state index is 0.845. The average Bonchev–Trinajstić information content (AvgIpc) is 3.89. The molecule has 3 aromatic heterocycles.